The van der Waals surface area contributed by atoms with Crippen LogP contribution in [0.15, 0.2) is 41.3 Å². The third kappa shape index (κ3) is 3.43. The number of nitrogens with zero attached hydrogens (tertiary/aromatic N) is 2. The van der Waals surface area contributed by atoms with Crippen LogP contribution in [0.4, 0.5) is 11.4 Å². The van der Waals surface area contributed by atoms with Gasteiger partial charge < -0.3 is 4.74 Å². The van der Waals surface area contributed by atoms with E-state index < -0.39 is 14.9 Å². The van der Waals surface area contributed by atoms with E-state index in [9.17, 15) is 18.5 Å². The van der Waals surface area contributed by atoms with Crippen LogP contribution in [0.2, 0.25) is 0 Å². The molecule has 0 N–H and O–H groups in total. The molecule has 0 bridgehead atoms. The van der Waals surface area contributed by atoms with Crippen molar-refractivity contribution in [2.45, 2.75) is 25.7 Å². The predicted molar refractivity (Wildman–Crippen MR) is 95.8 cm³/mol. The van der Waals surface area contributed by atoms with Crippen LogP contribution >= 0.6 is 0 Å². The van der Waals surface area contributed by atoms with E-state index in [1.54, 1.807) is 32.9 Å². The molecule has 0 aliphatic heterocycles. The lowest BCUT2D eigenvalue weighted by Crippen LogP contribution is -2.31. The summed E-state index contributed by atoms with van der Waals surface area (Å²) in [6, 6.07) is 9.00. The van der Waals surface area contributed by atoms with Crippen molar-refractivity contribution in [3.8, 4) is 5.75 Å². The molecule has 0 radical (unpaired) electrons. The fourth-order valence-electron chi connectivity index (χ4n) is 2.69. The van der Waals surface area contributed by atoms with Gasteiger partial charge in [-0.05, 0) is 50.6 Å². The summed E-state index contributed by atoms with van der Waals surface area (Å²) < 4.78 is 32.5. The maximum Gasteiger partial charge on any atom is 0.274 e. The Morgan fingerprint density at radius 1 is 1.20 bits per heavy atom. The van der Waals surface area contributed by atoms with Crippen LogP contribution < -0.4 is 9.04 Å². The predicted octanol–water partition coefficient (Wildman–Crippen LogP) is 3.44. The molecule has 0 heterocycles. The summed E-state index contributed by atoms with van der Waals surface area (Å²) in [5.41, 5.74) is 1.18. The minimum atomic E-state index is -3.86. The molecule has 0 unspecified atom stereocenters. The van der Waals surface area contributed by atoms with Crippen LogP contribution in [-0.2, 0) is 10.0 Å². The standard InChI is InChI=1S/C17H20N2O5S/c1-5-18(15-7-6-8-16(13(15)3)19(20)21)25(22,23)14-9-10-17(24-4)12(2)11-14/h6-11H,5H2,1-4H3. The monoisotopic (exact) mass is 364 g/mol. The summed E-state index contributed by atoms with van der Waals surface area (Å²) >= 11 is 0. The molecular formula is C17H20N2O5S. The quantitative estimate of drug-likeness (QED) is 0.578. The lowest BCUT2D eigenvalue weighted by molar-refractivity contribution is -0.385. The van der Waals surface area contributed by atoms with Crippen molar-refractivity contribution in [3.63, 3.8) is 0 Å². The van der Waals surface area contributed by atoms with Gasteiger partial charge in [-0.2, -0.15) is 0 Å². The zero-order chi connectivity index (χ0) is 18.8. The highest BCUT2D eigenvalue weighted by Gasteiger charge is 2.27. The first-order valence-electron chi connectivity index (χ1n) is 7.65. The number of rotatable bonds is 6. The lowest BCUT2D eigenvalue weighted by atomic mass is 10.1. The number of sulfonamides is 1. The van der Waals surface area contributed by atoms with Gasteiger partial charge in [0.05, 0.1) is 28.2 Å². The first-order chi connectivity index (χ1) is 11.7. The fraction of sp³-hybridized carbons (Fsp3) is 0.294. The van der Waals surface area contributed by atoms with E-state index in [4.69, 9.17) is 4.74 Å². The summed E-state index contributed by atoms with van der Waals surface area (Å²) in [5, 5.41) is 11.1. The van der Waals surface area contributed by atoms with Crippen molar-refractivity contribution in [1.82, 2.24) is 0 Å². The zero-order valence-corrected chi connectivity index (χ0v) is 15.3. The van der Waals surface area contributed by atoms with Crippen molar-refractivity contribution in [3.05, 3.63) is 57.6 Å². The molecule has 0 aromatic heterocycles. The Morgan fingerprint density at radius 2 is 1.88 bits per heavy atom. The smallest absolute Gasteiger partial charge is 0.274 e. The average Bonchev–Trinajstić information content (AvgIpc) is 2.56. The second-order valence-corrected chi connectivity index (χ2v) is 7.34. The molecule has 134 valence electrons. The van der Waals surface area contributed by atoms with Gasteiger partial charge in [-0.3, -0.25) is 14.4 Å². The molecule has 2 rings (SSSR count). The maximum absolute atomic E-state index is 13.1. The Hall–Kier alpha value is -2.61. The van der Waals surface area contributed by atoms with E-state index in [-0.39, 0.29) is 17.1 Å². The molecule has 8 heteroatoms. The maximum atomic E-state index is 13.1. The molecular weight excluding hydrogens is 344 g/mol. The van der Waals surface area contributed by atoms with Gasteiger partial charge in [-0.1, -0.05) is 6.07 Å². The number of nitro benzene ring substituents is 1. The summed E-state index contributed by atoms with van der Waals surface area (Å²) in [7, 11) is -2.35. The highest BCUT2D eigenvalue weighted by molar-refractivity contribution is 7.92. The number of aryl methyl sites for hydroxylation is 1. The topological polar surface area (TPSA) is 89.8 Å². The molecule has 0 amide bonds. The van der Waals surface area contributed by atoms with E-state index in [0.29, 0.717) is 22.6 Å². The van der Waals surface area contributed by atoms with Gasteiger partial charge in [0.25, 0.3) is 15.7 Å². The van der Waals surface area contributed by atoms with Gasteiger partial charge in [-0.15, -0.1) is 0 Å². The van der Waals surface area contributed by atoms with Crippen molar-refractivity contribution in [1.29, 1.82) is 0 Å². The van der Waals surface area contributed by atoms with E-state index in [1.807, 2.05) is 0 Å². The number of hydrogen-bond acceptors (Lipinski definition) is 5. The van der Waals surface area contributed by atoms with Crippen LogP contribution in [0.25, 0.3) is 0 Å². The molecule has 7 nitrogen and oxygen atoms in total. The molecule has 25 heavy (non-hydrogen) atoms. The summed E-state index contributed by atoms with van der Waals surface area (Å²) in [6.07, 6.45) is 0. The van der Waals surface area contributed by atoms with Gasteiger partial charge in [0.15, 0.2) is 0 Å². The van der Waals surface area contributed by atoms with Gasteiger partial charge in [0, 0.05) is 12.6 Å². The Labute approximate surface area is 147 Å². The number of benzene rings is 2. The number of hydrogen-bond donors (Lipinski definition) is 0. The molecule has 0 fully saturated rings. The van der Waals surface area contributed by atoms with Crippen LogP contribution in [-0.4, -0.2) is 27.0 Å². The minimum absolute atomic E-state index is 0.110. The second-order valence-electron chi connectivity index (χ2n) is 5.48. The van der Waals surface area contributed by atoms with Gasteiger partial charge in [-0.25, -0.2) is 8.42 Å². The SMILES string of the molecule is CCN(c1cccc([N+](=O)[O-])c1C)S(=O)(=O)c1ccc(OC)c(C)c1. The lowest BCUT2D eigenvalue weighted by Gasteiger charge is -2.24. The Bertz CT molecular complexity index is 909. The van der Waals surface area contributed by atoms with Crippen LogP contribution in [0, 0.1) is 24.0 Å². The molecule has 0 saturated carbocycles. The third-order valence-corrected chi connectivity index (χ3v) is 5.87. The Balaban J connectivity index is 2.59. The highest BCUT2D eigenvalue weighted by atomic mass is 32.2. The number of nitro groups is 1. The summed E-state index contributed by atoms with van der Waals surface area (Å²) in [5.74, 6) is 0.591. The number of methoxy groups -OCH3 is 1. The third-order valence-electron chi connectivity index (χ3n) is 3.98. The molecule has 0 saturated heterocycles. The van der Waals surface area contributed by atoms with Crippen LogP contribution in [0.3, 0.4) is 0 Å². The van der Waals surface area contributed by atoms with Crippen molar-refractivity contribution >= 4 is 21.4 Å². The zero-order valence-electron chi connectivity index (χ0n) is 14.5. The Kier molecular flexibility index (Phi) is 5.32. The number of anilines is 1. The Morgan fingerprint density at radius 3 is 2.40 bits per heavy atom. The average molecular weight is 364 g/mol. The second kappa shape index (κ2) is 7.10. The van der Waals surface area contributed by atoms with Gasteiger partial charge in [0.2, 0.25) is 0 Å². The van der Waals surface area contributed by atoms with E-state index in [2.05, 4.69) is 0 Å². The largest absolute Gasteiger partial charge is 0.496 e. The molecule has 2 aromatic rings. The molecule has 0 aliphatic rings. The highest BCUT2D eigenvalue weighted by Crippen LogP contribution is 2.32. The van der Waals surface area contributed by atoms with E-state index >= 15 is 0 Å². The summed E-state index contributed by atoms with van der Waals surface area (Å²) in [6.45, 7) is 5.14. The van der Waals surface area contributed by atoms with Gasteiger partial charge >= 0.3 is 0 Å². The molecule has 0 aliphatic carbocycles. The van der Waals surface area contributed by atoms with Crippen molar-refractivity contribution in [2.75, 3.05) is 18.0 Å². The fourth-order valence-corrected chi connectivity index (χ4v) is 4.30. The molecule has 2 aromatic carbocycles. The first-order valence-corrected chi connectivity index (χ1v) is 9.09. The van der Waals surface area contributed by atoms with Crippen LogP contribution in [0.5, 0.6) is 5.75 Å². The van der Waals surface area contributed by atoms with Crippen molar-refractivity contribution in [2.24, 2.45) is 0 Å². The minimum Gasteiger partial charge on any atom is -0.496 e. The van der Waals surface area contributed by atoms with Crippen LogP contribution in [0.1, 0.15) is 18.1 Å². The normalized spacial score (nSPS) is 11.2. The first kappa shape index (κ1) is 18.7. The van der Waals surface area contributed by atoms with Gasteiger partial charge in [0.1, 0.15) is 5.75 Å². The van der Waals surface area contributed by atoms with E-state index in [1.165, 1.54) is 35.7 Å². The van der Waals surface area contributed by atoms with Crippen molar-refractivity contribution < 1.29 is 18.1 Å². The summed E-state index contributed by atoms with van der Waals surface area (Å²) in [4.78, 5) is 10.7. The number of ether oxygens (including phenoxy) is 1. The molecule has 0 spiro atoms. The van der Waals surface area contributed by atoms with E-state index in [0.717, 1.165) is 0 Å². The molecule has 0 atom stereocenters.